The Hall–Kier alpha value is -4.18. The van der Waals surface area contributed by atoms with E-state index >= 15 is 0 Å². The number of sulfonamides is 1. The van der Waals surface area contributed by atoms with Gasteiger partial charge in [0, 0.05) is 0 Å². The largest absolute Gasteiger partial charge is 0.482 e. The van der Waals surface area contributed by atoms with E-state index in [1.54, 1.807) is 73.7 Å². The number of esters is 1. The number of carbonyl (C=O) groups excluding carboxylic acids is 2. The van der Waals surface area contributed by atoms with E-state index in [2.05, 4.69) is 15.3 Å². The first-order chi connectivity index (χ1) is 16.8. The summed E-state index contributed by atoms with van der Waals surface area (Å²) in [6.07, 6.45) is 1.41. The number of ether oxygens (including phenoxy) is 2. The quantitative estimate of drug-likeness (QED) is 0.263. The van der Waals surface area contributed by atoms with Gasteiger partial charge in [-0.1, -0.05) is 36.4 Å². The first kappa shape index (κ1) is 25.4. The van der Waals surface area contributed by atoms with Gasteiger partial charge in [0.05, 0.1) is 23.9 Å². The second kappa shape index (κ2) is 11.8. The summed E-state index contributed by atoms with van der Waals surface area (Å²) in [6, 6.07) is 21.5. The Morgan fingerprint density at radius 1 is 0.971 bits per heavy atom. The predicted molar refractivity (Wildman–Crippen MR) is 132 cm³/mol. The zero-order chi connectivity index (χ0) is 25.3. The van der Waals surface area contributed by atoms with Crippen LogP contribution < -0.4 is 14.5 Å². The van der Waals surface area contributed by atoms with Gasteiger partial charge in [-0.05, 0) is 60.5 Å². The number of methoxy groups -OCH3 is 1. The highest BCUT2D eigenvalue weighted by atomic mass is 32.2. The van der Waals surface area contributed by atoms with Crippen molar-refractivity contribution in [2.24, 2.45) is 5.10 Å². The maximum atomic E-state index is 13.3. The highest BCUT2D eigenvalue weighted by Crippen LogP contribution is 2.26. The van der Waals surface area contributed by atoms with E-state index in [1.807, 2.05) is 0 Å². The molecule has 35 heavy (non-hydrogen) atoms. The fraction of sp³-hybridized carbons (Fsp3) is 0.160. The number of para-hydroxylation sites is 1. The van der Waals surface area contributed by atoms with Crippen LogP contribution in [0.2, 0.25) is 0 Å². The van der Waals surface area contributed by atoms with Crippen LogP contribution >= 0.6 is 0 Å². The topological polar surface area (TPSA) is 114 Å². The molecule has 182 valence electrons. The normalized spacial score (nSPS) is 11.1. The Kier molecular flexibility index (Phi) is 8.58. The zero-order valence-electron chi connectivity index (χ0n) is 19.2. The molecule has 0 aromatic heterocycles. The van der Waals surface area contributed by atoms with Crippen molar-refractivity contribution in [2.45, 2.75) is 11.8 Å². The minimum atomic E-state index is -3.99. The molecule has 0 spiro atoms. The van der Waals surface area contributed by atoms with Crippen LogP contribution in [0.5, 0.6) is 5.75 Å². The lowest BCUT2D eigenvalue weighted by Gasteiger charge is -2.25. The Morgan fingerprint density at radius 2 is 1.63 bits per heavy atom. The monoisotopic (exact) mass is 495 g/mol. The maximum absolute atomic E-state index is 13.3. The van der Waals surface area contributed by atoms with E-state index in [-0.39, 0.29) is 11.5 Å². The average Bonchev–Trinajstić information content (AvgIpc) is 2.87. The van der Waals surface area contributed by atoms with E-state index < -0.39 is 28.4 Å². The van der Waals surface area contributed by atoms with Crippen LogP contribution in [0.15, 0.2) is 88.9 Å². The first-order valence-corrected chi connectivity index (χ1v) is 12.0. The van der Waals surface area contributed by atoms with Crippen LogP contribution in [-0.2, 0) is 24.3 Å². The van der Waals surface area contributed by atoms with Crippen LogP contribution in [0.3, 0.4) is 0 Å². The van der Waals surface area contributed by atoms with Crippen LogP contribution in [0.25, 0.3) is 0 Å². The summed E-state index contributed by atoms with van der Waals surface area (Å²) < 4.78 is 37.5. The van der Waals surface area contributed by atoms with Crippen LogP contribution in [-0.4, -0.2) is 46.8 Å². The van der Waals surface area contributed by atoms with Crippen LogP contribution in [0.1, 0.15) is 11.1 Å². The highest BCUT2D eigenvalue weighted by Gasteiger charge is 2.27. The number of hydrogen-bond acceptors (Lipinski definition) is 7. The molecule has 0 aliphatic heterocycles. The lowest BCUT2D eigenvalue weighted by Crippen LogP contribution is -2.40. The number of hydrogen-bond donors (Lipinski definition) is 1. The van der Waals surface area contributed by atoms with Crippen molar-refractivity contribution in [3.05, 3.63) is 90.0 Å². The van der Waals surface area contributed by atoms with E-state index in [0.717, 1.165) is 4.31 Å². The molecular weight excluding hydrogens is 470 g/mol. The van der Waals surface area contributed by atoms with E-state index in [1.165, 1.54) is 25.5 Å². The molecule has 0 saturated heterocycles. The van der Waals surface area contributed by atoms with Gasteiger partial charge in [-0.15, -0.1) is 0 Å². The molecule has 0 bridgehead atoms. The van der Waals surface area contributed by atoms with Crippen molar-refractivity contribution in [3.8, 4) is 5.75 Å². The first-order valence-electron chi connectivity index (χ1n) is 10.6. The van der Waals surface area contributed by atoms with Crippen molar-refractivity contribution in [1.29, 1.82) is 0 Å². The molecule has 3 rings (SSSR count). The minimum absolute atomic E-state index is 0.0778. The summed E-state index contributed by atoms with van der Waals surface area (Å²) >= 11 is 0. The molecule has 0 heterocycles. The predicted octanol–water partition coefficient (Wildman–Crippen LogP) is 2.89. The number of aryl methyl sites for hydroxylation is 1. The van der Waals surface area contributed by atoms with Gasteiger partial charge in [0.1, 0.15) is 12.3 Å². The molecule has 1 amide bonds. The Bertz CT molecular complexity index is 1290. The van der Waals surface area contributed by atoms with Crippen LogP contribution in [0, 0.1) is 6.92 Å². The van der Waals surface area contributed by atoms with Gasteiger partial charge >= 0.3 is 5.97 Å². The smallest absolute Gasteiger partial charge is 0.343 e. The summed E-state index contributed by atoms with van der Waals surface area (Å²) in [4.78, 5) is 23.9. The zero-order valence-corrected chi connectivity index (χ0v) is 20.1. The van der Waals surface area contributed by atoms with Gasteiger partial charge < -0.3 is 9.47 Å². The fourth-order valence-corrected chi connectivity index (χ4v) is 4.57. The summed E-state index contributed by atoms with van der Waals surface area (Å²) in [6.45, 7) is 1.11. The van der Waals surface area contributed by atoms with Gasteiger partial charge in [-0.2, -0.15) is 5.10 Å². The van der Waals surface area contributed by atoms with Crippen molar-refractivity contribution in [3.63, 3.8) is 0 Å². The molecule has 10 heteroatoms. The lowest BCUT2D eigenvalue weighted by molar-refractivity contribution is -0.142. The molecular formula is C25H25N3O6S. The number of hydrazone groups is 1. The van der Waals surface area contributed by atoms with Crippen LogP contribution in [0.4, 0.5) is 5.69 Å². The summed E-state index contributed by atoms with van der Waals surface area (Å²) in [7, 11) is -2.72. The van der Waals surface area contributed by atoms with Gasteiger partial charge in [-0.25, -0.2) is 18.6 Å². The molecule has 0 aliphatic rings. The van der Waals surface area contributed by atoms with Gasteiger partial charge in [-0.3, -0.25) is 9.10 Å². The summed E-state index contributed by atoms with van der Waals surface area (Å²) in [5.74, 6) is -0.633. The minimum Gasteiger partial charge on any atom is -0.482 e. The van der Waals surface area contributed by atoms with Gasteiger partial charge in [0.25, 0.3) is 15.9 Å². The number of rotatable bonds is 10. The number of anilines is 1. The Balaban J connectivity index is 1.70. The van der Waals surface area contributed by atoms with E-state index in [9.17, 15) is 18.0 Å². The third-order valence-electron chi connectivity index (χ3n) is 4.87. The second-order valence-corrected chi connectivity index (χ2v) is 9.20. The van der Waals surface area contributed by atoms with Crippen molar-refractivity contribution >= 4 is 33.8 Å². The number of nitrogens with zero attached hydrogens (tertiary/aromatic N) is 2. The standard InChI is InChI=1S/C25H25N3O6S/c1-19-8-6-7-11-23(19)28(35(31,32)22-9-4-3-5-10-22)17-24(29)27-26-16-20-12-14-21(15-13-20)34-18-25(30)33-2/h3-16H,17-18H2,1-2H3,(H,27,29)/b26-16-. The van der Waals surface area contributed by atoms with Crippen molar-refractivity contribution in [2.75, 3.05) is 24.6 Å². The summed E-state index contributed by atoms with van der Waals surface area (Å²) in [5, 5.41) is 3.92. The third-order valence-corrected chi connectivity index (χ3v) is 6.64. The Labute approximate surface area is 204 Å². The number of nitrogens with one attached hydrogen (secondary N) is 1. The SMILES string of the molecule is COC(=O)COc1ccc(/C=N\NC(=O)CN(c2ccccc2C)S(=O)(=O)c2ccccc2)cc1. The van der Waals surface area contributed by atoms with Gasteiger partial charge in [0.2, 0.25) is 0 Å². The molecule has 0 saturated carbocycles. The van der Waals surface area contributed by atoms with Crippen molar-refractivity contribution < 1.29 is 27.5 Å². The molecule has 0 atom stereocenters. The summed E-state index contributed by atoms with van der Waals surface area (Å²) in [5.41, 5.74) is 4.13. The molecule has 0 fully saturated rings. The van der Waals surface area contributed by atoms with E-state index in [4.69, 9.17) is 4.74 Å². The lowest BCUT2D eigenvalue weighted by atomic mass is 10.2. The molecule has 3 aromatic carbocycles. The fourth-order valence-electron chi connectivity index (χ4n) is 3.06. The second-order valence-electron chi connectivity index (χ2n) is 7.34. The maximum Gasteiger partial charge on any atom is 0.343 e. The van der Waals surface area contributed by atoms with Gasteiger partial charge in [0.15, 0.2) is 6.61 Å². The molecule has 1 N–H and O–H groups in total. The number of benzene rings is 3. The highest BCUT2D eigenvalue weighted by molar-refractivity contribution is 7.92. The van der Waals surface area contributed by atoms with E-state index in [0.29, 0.717) is 22.6 Å². The third kappa shape index (κ3) is 6.90. The number of amides is 1. The molecule has 0 radical (unpaired) electrons. The molecule has 0 unspecified atom stereocenters. The molecule has 0 aliphatic carbocycles. The Morgan fingerprint density at radius 3 is 2.29 bits per heavy atom. The molecule has 9 nitrogen and oxygen atoms in total. The molecule has 3 aromatic rings. The average molecular weight is 496 g/mol. The number of carbonyl (C=O) groups is 2. The van der Waals surface area contributed by atoms with Crippen molar-refractivity contribution in [1.82, 2.24) is 5.43 Å².